The highest BCUT2D eigenvalue weighted by Gasteiger charge is 2.17. The largest absolute Gasteiger partial charge is 0.481 e. The van der Waals surface area contributed by atoms with Crippen molar-refractivity contribution in [3.05, 3.63) is 113 Å². The maximum Gasteiger partial charge on any atom is 0.300 e. The molecule has 6 aromatic rings. The van der Waals surface area contributed by atoms with Gasteiger partial charge in [-0.3, -0.25) is 9.59 Å². The first kappa shape index (κ1) is 24.9. The molecular formula is C30H21N5O4. The number of aromatic amines is 1. The summed E-state index contributed by atoms with van der Waals surface area (Å²) < 4.78 is 7.82. The summed E-state index contributed by atoms with van der Waals surface area (Å²) in [5, 5.41) is 23.6. The van der Waals surface area contributed by atoms with Gasteiger partial charge in [-0.1, -0.05) is 48.5 Å². The highest BCUT2D eigenvalue weighted by atomic mass is 16.4. The molecule has 0 aliphatic carbocycles. The number of carboxylic acids is 1. The van der Waals surface area contributed by atoms with E-state index in [1.807, 2.05) is 66.9 Å². The van der Waals surface area contributed by atoms with Crippen molar-refractivity contribution in [1.82, 2.24) is 19.7 Å². The number of nitriles is 1. The summed E-state index contributed by atoms with van der Waals surface area (Å²) in [5.41, 5.74) is 3.25. The Hall–Kier alpha value is -5.75. The maximum atomic E-state index is 12.6. The molecular weight excluding hydrogens is 494 g/mol. The molecule has 6 rings (SSSR count). The second kappa shape index (κ2) is 10.7. The molecule has 9 heteroatoms. The van der Waals surface area contributed by atoms with Crippen molar-refractivity contribution in [2.75, 3.05) is 0 Å². The lowest BCUT2D eigenvalue weighted by atomic mass is 10.1. The summed E-state index contributed by atoms with van der Waals surface area (Å²) in [5.74, 6) is -0.0661. The fraction of sp³-hybridized carbons (Fsp3) is 0.0333. The molecule has 9 nitrogen and oxygen atoms in total. The molecule has 3 aromatic carbocycles. The molecule has 0 fully saturated rings. The first-order valence-electron chi connectivity index (χ1n) is 11.9. The first-order chi connectivity index (χ1) is 18.9. The van der Waals surface area contributed by atoms with Gasteiger partial charge in [0.2, 0.25) is 0 Å². The van der Waals surface area contributed by atoms with Gasteiger partial charge in [0.15, 0.2) is 11.6 Å². The Kier molecular flexibility index (Phi) is 6.84. The van der Waals surface area contributed by atoms with Crippen molar-refractivity contribution in [3.63, 3.8) is 0 Å². The molecule has 0 saturated heterocycles. The lowest BCUT2D eigenvalue weighted by Gasteiger charge is -2.02. The van der Waals surface area contributed by atoms with Crippen LogP contribution in [0, 0.1) is 11.3 Å². The number of hydrogen-bond donors (Lipinski definition) is 2. The second-order valence-electron chi connectivity index (χ2n) is 8.48. The number of aliphatic carboxylic acids is 1. The van der Waals surface area contributed by atoms with Gasteiger partial charge in [-0.05, 0) is 42.5 Å². The zero-order valence-electron chi connectivity index (χ0n) is 20.7. The van der Waals surface area contributed by atoms with Gasteiger partial charge in [0, 0.05) is 24.1 Å². The Labute approximate surface area is 221 Å². The van der Waals surface area contributed by atoms with Gasteiger partial charge in [-0.25, -0.2) is 9.67 Å². The first-order valence-corrected chi connectivity index (χ1v) is 11.9. The fourth-order valence-corrected chi connectivity index (χ4v) is 4.02. The Bertz CT molecular complexity index is 1900. The summed E-state index contributed by atoms with van der Waals surface area (Å²) >= 11 is 0. The molecule has 0 spiro atoms. The molecule has 0 aliphatic heterocycles. The van der Waals surface area contributed by atoms with Crippen molar-refractivity contribution in [1.29, 1.82) is 5.26 Å². The monoisotopic (exact) mass is 515 g/mol. The summed E-state index contributed by atoms with van der Waals surface area (Å²) in [7, 11) is 0. The van der Waals surface area contributed by atoms with E-state index in [2.05, 4.69) is 16.0 Å². The third-order valence-corrected chi connectivity index (χ3v) is 5.71. The van der Waals surface area contributed by atoms with Crippen LogP contribution in [-0.2, 0) is 4.79 Å². The number of carbonyl (C=O) groups is 1. The van der Waals surface area contributed by atoms with Crippen molar-refractivity contribution in [2.24, 2.45) is 0 Å². The van der Waals surface area contributed by atoms with E-state index < -0.39 is 5.97 Å². The number of hydrogen-bond acceptors (Lipinski definition) is 6. The number of fused-ring (bicyclic) bond motifs is 2. The highest BCUT2D eigenvalue weighted by molar-refractivity contribution is 5.92. The average Bonchev–Trinajstić information content (AvgIpc) is 3.56. The molecule has 0 unspecified atom stereocenters. The van der Waals surface area contributed by atoms with E-state index in [9.17, 15) is 10.1 Å². The molecule has 0 radical (unpaired) electrons. The van der Waals surface area contributed by atoms with Crippen LogP contribution in [0.5, 0.6) is 0 Å². The number of nitrogens with zero attached hydrogens (tertiary/aromatic N) is 4. The quantitative estimate of drug-likeness (QED) is 0.288. The second-order valence-corrected chi connectivity index (χ2v) is 8.48. The third kappa shape index (κ3) is 5.35. The molecule has 0 bridgehead atoms. The van der Waals surface area contributed by atoms with Gasteiger partial charge < -0.3 is 14.5 Å². The summed E-state index contributed by atoms with van der Waals surface area (Å²) in [4.78, 5) is 28.8. The molecule has 190 valence electrons. The maximum absolute atomic E-state index is 12.6. The molecule has 0 aliphatic rings. The fourth-order valence-electron chi connectivity index (χ4n) is 4.02. The van der Waals surface area contributed by atoms with Gasteiger partial charge in [-0.15, -0.1) is 0 Å². The number of carboxylic acid groups (broad SMARTS) is 1. The van der Waals surface area contributed by atoms with E-state index in [4.69, 9.17) is 19.4 Å². The predicted octanol–water partition coefficient (Wildman–Crippen LogP) is 5.68. The number of rotatable bonds is 4. The number of H-pyrrole nitrogens is 1. The van der Waals surface area contributed by atoms with Crippen molar-refractivity contribution < 1.29 is 14.3 Å². The number of aromatic nitrogens is 4. The van der Waals surface area contributed by atoms with Crippen molar-refractivity contribution in [2.45, 2.75) is 6.92 Å². The van der Waals surface area contributed by atoms with Crippen LogP contribution in [0.15, 0.2) is 100 Å². The molecule has 0 atom stereocenters. The lowest BCUT2D eigenvalue weighted by molar-refractivity contribution is -0.134. The van der Waals surface area contributed by atoms with Crippen LogP contribution in [0.4, 0.5) is 0 Å². The summed E-state index contributed by atoms with van der Waals surface area (Å²) in [6.07, 6.45) is 3.50. The molecule has 0 amide bonds. The zero-order valence-corrected chi connectivity index (χ0v) is 20.7. The van der Waals surface area contributed by atoms with E-state index >= 15 is 0 Å². The number of para-hydroxylation sites is 3. The Morgan fingerprint density at radius 1 is 1.05 bits per heavy atom. The Morgan fingerprint density at radius 3 is 2.49 bits per heavy atom. The highest BCUT2D eigenvalue weighted by Crippen LogP contribution is 2.31. The Morgan fingerprint density at radius 2 is 1.74 bits per heavy atom. The van der Waals surface area contributed by atoms with Crippen LogP contribution < -0.4 is 5.56 Å². The number of allylic oxidation sites excluding steroid dienone is 1. The number of nitrogens with one attached hydrogen (secondary N) is 1. The van der Waals surface area contributed by atoms with Crippen molar-refractivity contribution >= 4 is 39.5 Å². The molecule has 39 heavy (non-hydrogen) atoms. The Balaban J connectivity index is 0.000000723. The zero-order chi connectivity index (χ0) is 27.4. The van der Waals surface area contributed by atoms with Gasteiger partial charge in [-0.2, -0.15) is 10.4 Å². The number of benzene rings is 3. The van der Waals surface area contributed by atoms with Gasteiger partial charge in [0.1, 0.15) is 17.3 Å². The van der Waals surface area contributed by atoms with Gasteiger partial charge >= 0.3 is 0 Å². The SMILES string of the molecule is CC(=O)O.N#CC(=Cc1cn(-c2ccccc2)nc1-c1cc2ccccc2o1)c1nc2ccccc2c(=O)[nH]1. The predicted molar refractivity (Wildman–Crippen MR) is 148 cm³/mol. The lowest BCUT2D eigenvalue weighted by Crippen LogP contribution is -2.11. The third-order valence-electron chi connectivity index (χ3n) is 5.71. The minimum absolute atomic E-state index is 0.194. The topological polar surface area (TPSA) is 138 Å². The normalized spacial score (nSPS) is 11.1. The van der Waals surface area contributed by atoms with E-state index in [0.717, 1.165) is 23.6 Å². The van der Waals surface area contributed by atoms with Crippen LogP contribution in [0.1, 0.15) is 18.3 Å². The minimum atomic E-state index is -0.833. The molecule has 3 aromatic heterocycles. The minimum Gasteiger partial charge on any atom is -0.481 e. The van der Waals surface area contributed by atoms with E-state index in [0.29, 0.717) is 27.9 Å². The average molecular weight is 516 g/mol. The van der Waals surface area contributed by atoms with Crippen LogP contribution in [-0.4, -0.2) is 30.8 Å². The molecule has 3 heterocycles. The smallest absolute Gasteiger partial charge is 0.300 e. The van der Waals surface area contributed by atoms with Gasteiger partial charge in [0.05, 0.1) is 22.2 Å². The van der Waals surface area contributed by atoms with Gasteiger partial charge in [0.25, 0.3) is 11.5 Å². The van der Waals surface area contributed by atoms with E-state index in [1.165, 1.54) is 0 Å². The van der Waals surface area contributed by atoms with Crippen LogP contribution in [0.2, 0.25) is 0 Å². The van der Waals surface area contributed by atoms with E-state index in [1.54, 1.807) is 35.0 Å². The molecule has 2 N–H and O–H groups in total. The van der Waals surface area contributed by atoms with Crippen LogP contribution >= 0.6 is 0 Å². The number of furan rings is 1. The van der Waals surface area contributed by atoms with E-state index in [-0.39, 0.29) is 17.0 Å². The van der Waals surface area contributed by atoms with Crippen LogP contribution in [0.3, 0.4) is 0 Å². The summed E-state index contributed by atoms with van der Waals surface area (Å²) in [6, 6.07) is 28.5. The molecule has 0 saturated carbocycles. The van der Waals surface area contributed by atoms with Crippen LogP contribution in [0.25, 0.3) is 50.7 Å². The summed E-state index contributed by atoms with van der Waals surface area (Å²) in [6.45, 7) is 1.08. The standard InChI is InChI=1S/C28H17N5O2.C2H4O2/c29-16-19(27-30-23-12-6-5-11-22(23)28(34)31-27)14-20-17-33(21-9-2-1-3-10-21)32-26(20)25-15-18-8-4-7-13-24(18)35-25;1-2(3)4/h1-15,17H,(H,30,31,34);1H3,(H,3,4). The van der Waals surface area contributed by atoms with Crippen molar-refractivity contribution in [3.8, 4) is 23.2 Å².